The Labute approximate surface area is 127 Å². The molecule has 20 heavy (non-hydrogen) atoms. The van der Waals surface area contributed by atoms with Crippen LogP contribution < -0.4 is 5.32 Å². The summed E-state index contributed by atoms with van der Waals surface area (Å²) in [5.41, 5.74) is 1.82. The Bertz CT molecular complexity index is 583. The van der Waals surface area contributed by atoms with Gasteiger partial charge in [-0.25, -0.2) is 4.98 Å². The number of hydrogen-bond donors (Lipinski definition) is 1. The first-order valence-electron chi connectivity index (χ1n) is 6.30. The van der Waals surface area contributed by atoms with Crippen LogP contribution >= 0.6 is 23.1 Å². The largest absolute Gasteiger partial charge is 0.316 e. The highest BCUT2D eigenvalue weighted by Gasteiger charge is 2.13. The summed E-state index contributed by atoms with van der Waals surface area (Å²) in [7, 11) is 0. The molecule has 0 aromatic carbocycles. The van der Waals surface area contributed by atoms with Gasteiger partial charge < -0.3 is 5.32 Å². The van der Waals surface area contributed by atoms with Crippen molar-refractivity contribution in [3.63, 3.8) is 0 Å². The van der Waals surface area contributed by atoms with E-state index < -0.39 is 0 Å². The number of aryl methyl sites for hydroxylation is 1. The number of thioether (sulfide) groups is 1. The minimum absolute atomic E-state index is 0.0383. The fourth-order valence-corrected chi connectivity index (χ4v) is 2.94. The van der Waals surface area contributed by atoms with Crippen LogP contribution in [0.15, 0.2) is 24.5 Å². The quantitative estimate of drug-likeness (QED) is 0.917. The average molecular weight is 307 g/mol. The van der Waals surface area contributed by atoms with Gasteiger partial charge in [-0.15, -0.1) is 0 Å². The van der Waals surface area contributed by atoms with Crippen LogP contribution in [0.3, 0.4) is 0 Å². The van der Waals surface area contributed by atoms with Gasteiger partial charge in [-0.2, -0.15) is 11.8 Å². The lowest BCUT2D eigenvalue weighted by Gasteiger charge is -2.07. The topological polar surface area (TPSA) is 54.9 Å². The molecule has 1 N–H and O–H groups in total. The third kappa shape index (κ3) is 3.80. The molecule has 6 heteroatoms. The molecule has 0 saturated carbocycles. The van der Waals surface area contributed by atoms with E-state index in [1.165, 1.54) is 11.3 Å². The van der Waals surface area contributed by atoms with Gasteiger partial charge in [0.2, 0.25) is 5.91 Å². The predicted octanol–water partition coefficient (Wildman–Crippen LogP) is 3.59. The van der Waals surface area contributed by atoms with Gasteiger partial charge in [-0.05, 0) is 25.3 Å². The zero-order valence-electron chi connectivity index (χ0n) is 11.7. The number of carbonyl (C=O) groups is 1. The Balaban J connectivity index is 2.10. The molecular formula is C14H17N3OS2. The summed E-state index contributed by atoms with van der Waals surface area (Å²) in [5.74, 6) is 0.0383. The zero-order valence-corrected chi connectivity index (χ0v) is 13.3. The lowest BCUT2D eigenvalue weighted by molar-refractivity contribution is -0.116. The number of nitrogens with zero attached hydrogens (tertiary/aromatic N) is 2. The summed E-state index contributed by atoms with van der Waals surface area (Å²) in [6, 6.07) is 3.84. The molecule has 106 valence electrons. The predicted molar refractivity (Wildman–Crippen MR) is 86.3 cm³/mol. The number of anilines is 1. The normalized spacial score (nSPS) is 12.2. The minimum atomic E-state index is 0.0383. The highest BCUT2D eigenvalue weighted by Crippen LogP contribution is 2.31. The summed E-state index contributed by atoms with van der Waals surface area (Å²) < 4.78 is 0. The van der Waals surface area contributed by atoms with Crippen molar-refractivity contribution in [2.75, 3.05) is 11.6 Å². The molecule has 0 aliphatic carbocycles. The van der Waals surface area contributed by atoms with E-state index in [1.54, 1.807) is 24.2 Å². The van der Waals surface area contributed by atoms with E-state index in [-0.39, 0.29) is 5.91 Å². The SMILES string of the molecule is CSC(C)CC(=O)Nc1sc(-c2cccnc2)nc1C. The van der Waals surface area contributed by atoms with E-state index in [0.717, 1.165) is 21.3 Å². The third-order valence-corrected chi connectivity index (χ3v) is 4.93. The van der Waals surface area contributed by atoms with Gasteiger partial charge in [0.05, 0.1) is 5.69 Å². The second-order valence-corrected chi connectivity index (χ2v) is 6.75. The van der Waals surface area contributed by atoms with E-state index >= 15 is 0 Å². The first-order valence-corrected chi connectivity index (χ1v) is 8.41. The zero-order chi connectivity index (χ0) is 14.5. The van der Waals surface area contributed by atoms with Gasteiger partial charge in [0.25, 0.3) is 0 Å². The Kier molecular flexibility index (Phi) is 5.14. The lowest BCUT2D eigenvalue weighted by Crippen LogP contribution is -2.15. The maximum Gasteiger partial charge on any atom is 0.226 e. The van der Waals surface area contributed by atoms with Gasteiger partial charge in [0.1, 0.15) is 10.0 Å². The van der Waals surface area contributed by atoms with Crippen LogP contribution in [0.4, 0.5) is 5.00 Å². The van der Waals surface area contributed by atoms with Crippen molar-refractivity contribution >= 4 is 34.0 Å². The fourth-order valence-electron chi connectivity index (χ4n) is 1.65. The molecule has 1 unspecified atom stereocenters. The molecule has 1 atom stereocenters. The van der Waals surface area contributed by atoms with Gasteiger partial charge in [-0.3, -0.25) is 9.78 Å². The fraction of sp³-hybridized carbons (Fsp3) is 0.357. The van der Waals surface area contributed by atoms with Crippen LogP contribution in [0.1, 0.15) is 19.0 Å². The van der Waals surface area contributed by atoms with E-state index in [4.69, 9.17) is 0 Å². The summed E-state index contributed by atoms with van der Waals surface area (Å²) in [6.07, 6.45) is 6.03. The van der Waals surface area contributed by atoms with Crippen LogP contribution in [0.5, 0.6) is 0 Å². The second kappa shape index (κ2) is 6.85. The number of hydrogen-bond acceptors (Lipinski definition) is 5. The summed E-state index contributed by atoms with van der Waals surface area (Å²) in [5, 5.41) is 4.97. The smallest absolute Gasteiger partial charge is 0.226 e. The van der Waals surface area contributed by atoms with Crippen molar-refractivity contribution < 1.29 is 4.79 Å². The van der Waals surface area contributed by atoms with E-state index in [0.29, 0.717) is 11.7 Å². The number of nitrogens with one attached hydrogen (secondary N) is 1. The molecule has 0 spiro atoms. The minimum Gasteiger partial charge on any atom is -0.316 e. The first-order chi connectivity index (χ1) is 9.60. The molecule has 2 aromatic heterocycles. The number of thiazole rings is 1. The Morgan fingerprint density at radius 3 is 3.00 bits per heavy atom. The molecule has 0 saturated heterocycles. The third-order valence-electron chi connectivity index (χ3n) is 2.83. The molecule has 2 aromatic rings. The molecule has 4 nitrogen and oxygen atoms in total. The molecule has 0 aliphatic rings. The average Bonchev–Trinajstić information content (AvgIpc) is 2.81. The Morgan fingerprint density at radius 1 is 1.55 bits per heavy atom. The maximum absolute atomic E-state index is 11.9. The molecule has 2 heterocycles. The molecule has 0 aliphatic heterocycles. The summed E-state index contributed by atoms with van der Waals surface area (Å²) in [6.45, 7) is 3.95. The van der Waals surface area contributed by atoms with Gasteiger partial charge >= 0.3 is 0 Å². The van der Waals surface area contributed by atoms with Crippen LogP contribution in [0.25, 0.3) is 10.6 Å². The number of pyridine rings is 1. The van der Waals surface area contributed by atoms with Crippen molar-refractivity contribution in [1.82, 2.24) is 9.97 Å². The van der Waals surface area contributed by atoms with Crippen molar-refractivity contribution in [2.24, 2.45) is 0 Å². The molecule has 2 rings (SSSR count). The van der Waals surface area contributed by atoms with Crippen LogP contribution in [-0.2, 0) is 4.79 Å². The molecule has 0 bridgehead atoms. The highest BCUT2D eigenvalue weighted by atomic mass is 32.2. The number of carbonyl (C=O) groups excluding carboxylic acids is 1. The summed E-state index contributed by atoms with van der Waals surface area (Å²) >= 11 is 3.17. The van der Waals surface area contributed by atoms with Crippen molar-refractivity contribution in [3.05, 3.63) is 30.2 Å². The number of rotatable bonds is 5. The summed E-state index contributed by atoms with van der Waals surface area (Å²) in [4.78, 5) is 20.5. The van der Waals surface area contributed by atoms with Gasteiger partial charge in [0, 0.05) is 29.6 Å². The van der Waals surface area contributed by atoms with Gasteiger partial charge in [-0.1, -0.05) is 18.3 Å². The van der Waals surface area contributed by atoms with Crippen molar-refractivity contribution in [2.45, 2.75) is 25.5 Å². The maximum atomic E-state index is 11.9. The molecular weight excluding hydrogens is 290 g/mol. The van der Waals surface area contributed by atoms with Crippen molar-refractivity contribution in [1.29, 1.82) is 0 Å². The molecule has 0 fully saturated rings. The Morgan fingerprint density at radius 2 is 2.35 bits per heavy atom. The second-order valence-electron chi connectivity index (χ2n) is 4.47. The monoisotopic (exact) mass is 307 g/mol. The van der Waals surface area contributed by atoms with Crippen LogP contribution in [0, 0.1) is 6.92 Å². The van der Waals surface area contributed by atoms with Gasteiger partial charge in [0.15, 0.2) is 0 Å². The van der Waals surface area contributed by atoms with Crippen LogP contribution in [0.2, 0.25) is 0 Å². The van der Waals surface area contributed by atoms with Crippen molar-refractivity contribution in [3.8, 4) is 10.6 Å². The number of aromatic nitrogens is 2. The standard InChI is InChI=1S/C14H17N3OS2/c1-9(19-3)7-12(18)17-13-10(2)16-14(20-13)11-5-4-6-15-8-11/h4-6,8-9H,7H2,1-3H3,(H,17,18). The van der Waals surface area contributed by atoms with E-state index in [2.05, 4.69) is 15.3 Å². The van der Waals surface area contributed by atoms with E-state index in [1.807, 2.05) is 32.2 Å². The number of amides is 1. The highest BCUT2D eigenvalue weighted by molar-refractivity contribution is 7.99. The lowest BCUT2D eigenvalue weighted by atomic mass is 10.3. The van der Waals surface area contributed by atoms with Crippen LogP contribution in [-0.4, -0.2) is 27.4 Å². The molecule has 0 radical (unpaired) electrons. The first kappa shape index (κ1) is 15.0. The Hall–Kier alpha value is -1.40. The molecule has 1 amide bonds. The van der Waals surface area contributed by atoms with E-state index in [9.17, 15) is 4.79 Å².